The molecular weight excluding hydrogens is 386 g/mol. The number of sulfonamides is 1. The van der Waals surface area contributed by atoms with Crippen LogP contribution in [0.4, 0.5) is 8.78 Å². The van der Waals surface area contributed by atoms with Gasteiger partial charge in [-0.05, 0) is 61.7 Å². The number of halogens is 2. The summed E-state index contributed by atoms with van der Waals surface area (Å²) in [5.41, 5.74) is -0.276. The minimum atomic E-state index is -3.82. The molecule has 0 aromatic heterocycles. The average Bonchev–Trinajstić information content (AvgIpc) is 2.66. The van der Waals surface area contributed by atoms with Gasteiger partial charge in [0.1, 0.15) is 11.6 Å². The van der Waals surface area contributed by atoms with Crippen LogP contribution in [0, 0.1) is 17.0 Å². The third kappa shape index (κ3) is 4.39. The Bertz CT molecular complexity index is 964. The number of piperidine rings is 1. The summed E-state index contributed by atoms with van der Waals surface area (Å²) in [6.45, 7) is 2.21. The van der Waals surface area contributed by atoms with Gasteiger partial charge in [-0.15, -0.1) is 0 Å². The van der Waals surface area contributed by atoms with Crippen molar-refractivity contribution < 1.29 is 22.0 Å². The van der Waals surface area contributed by atoms with Gasteiger partial charge in [0.15, 0.2) is 0 Å². The van der Waals surface area contributed by atoms with Crippen molar-refractivity contribution in [2.45, 2.75) is 31.2 Å². The van der Waals surface area contributed by atoms with Gasteiger partial charge in [-0.25, -0.2) is 17.2 Å². The van der Waals surface area contributed by atoms with E-state index in [1.807, 2.05) is 0 Å². The molecule has 1 heterocycles. The monoisotopic (exact) mass is 408 g/mol. The van der Waals surface area contributed by atoms with Gasteiger partial charge in [0.05, 0.1) is 10.3 Å². The van der Waals surface area contributed by atoms with Gasteiger partial charge in [-0.1, -0.05) is 12.1 Å². The summed E-state index contributed by atoms with van der Waals surface area (Å²) in [6.07, 6.45) is 1.07. The molecule has 1 saturated heterocycles. The minimum Gasteiger partial charge on any atom is -0.352 e. The smallest absolute Gasteiger partial charge is 0.243 e. The predicted molar refractivity (Wildman–Crippen MR) is 101 cm³/mol. The van der Waals surface area contributed by atoms with E-state index >= 15 is 0 Å². The fourth-order valence-electron chi connectivity index (χ4n) is 3.38. The Balaban J connectivity index is 1.71. The van der Waals surface area contributed by atoms with Crippen LogP contribution in [0.25, 0.3) is 0 Å². The number of amides is 1. The molecule has 0 saturated carbocycles. The number of benzene rings is 2. The lowest BCUT2D eigenvalue weighted by molar-refractivity contribution is -0.132. The summed E-state index contributed by atoms with van der Waals surface area (Å²) in [6, 6.07) is 10.6. The lowest BCUT2D eigenvalue weighted by Gasteiger charge is -2.38. The number of nitrogens with one attached hydrogen (secondary N) is 1. The second kappa shape index (κ2) is 7.97. The number of hydrogen-bond acceptors (Lipinski definition) is 3. The van der Waals surface area contributed by atoms with Crippen molar-refractivity contribution in [3.05, 3.63) is 65.7 Å². The van der Waals surface area contributed by atoms with Crippen LogP contribution in [0.15, 0.2) is 53.4 Å². The fraction of sp³-hybridized carbons (Fsp3) is 0.350. The van der Waals surface area contributed by atoms with E-state index in [1.165, 1.54) is 28.6 Å². The van der Waals surface area contributed by atoms with E-state index in [2.05, 4.69) is 5.32 Å². The number of nitrogens with zero attached hydrogens (tertiary/aromatic N) is 1. The molecule has 150 valence electrons. The summed E-state index contributed by atoms with van der Waals surface area (Å²) in [5, 5.41) is 2.78. The molecule has 0 unspecified atom stereocenters. The number of carbonyl (C=O) groups is 1. The average molecular weight is 408 g/mol. The second-order valence-corrected chi connectivity index (χ2v) is 9.21. The van der Waals surface area contributed by atoms with Crippen molar-refractivity contribution in [2.75, 3.05) is 13.1 Å². The van der Waals surface area contributed by atoms with Crippen LogP contribution in [0.2, 0.25) is 0 Å². The summed E-state index contributed by atoms with van der Waals surface area (Å²) >= 11 is 0. The lowest BCUT2D eigenvalue weighted by atomic mass is 9.82. The van der Waals surface area contributed by atoms with E-state index in [9.17, 15) is 22.0 Å². The van der Waals surface area contributed by atoms with E-state index in [0.29, 0.717) is 24.9 Å². The molecule has 8 heteroatoms. The molecule has 3 rings (SSSR count). The Morgan fingerprint density at radius 1 is 1.14 bits per heavy atom. The highest BCUT2D eigenvalue weighted by Crippen LogP contribution is 2.33. The molecule has 1 amide bonds. The molecular formula is C20H22F2N2O3S. The zero-order valence-electron chi connectivity index (χ0n) is 15.5. The van der Waals surface area contributed by atoms with Gasteiger partial charge < -0.3 is 5.32 Å². The van der Waals surface area contributed by atoms with Gasteiger partial charge in [0, 0.05) is 19.6 Å². The first kappa shape index (κ1) is 20.4. The summed E-state index contributed by atoms with van der Waals surface area (Å²) < 4.78 is 53.4. The van der Waals surface area contributed by atoms with Crippen LogP contribution < -0.4 is 5.32 Å². The maximum Gasteiger partial charge on any atom is 0.243 e. The fourth-order valence-corrected chi connectivity index (χ4v) is 4.98. The van der Waals surface area contributed by atoms with Gasteiger partial charge in [0.25, 0.3) is 0 Å². The van der Waals surface area contributed by atoms with Gasteiger partial charge in [-0.2, -0.15) is 4.31 Å². The normalized spacial score (nSPS) is 20.7. The molecule has 0 bridgehead atoms. The van der Waals surface area contributed by atoms with Crippen molar-refractivity contribution in [1.82, 2.24) is 9.62 Å². The summed E-state index contributed by atoms with van der Waals surface area (Å²) in [5.74, 6) is -1.18. The maximum absolute atomic E-state index is 13.3. The molecule has 28 heavy (non-hydrogen) atoms. The Morgan fingerprint density at radius 3 is 2.54 bits per heavy atom. The van der Waals surface area contributed by atoms with Crippen LogP contribution in [0.5, 0.6) is 0 Å². The summed E-state index contributed by atoms with van der Waals surface area (Å²) in [4.78, 5) is 12.8. The molecule has 2 aromatic rings. The predicted octanol–water partition coefficient (Wildman–Crippen LogP) is 3.07. The SMILES string of the molecule is C[C@@]1(C(=O)NCc2cccc(F)c2)CCCN(S(=O)(=O)c2ccc(F)cc2)C1. The number of hydrogen-bond donors (Lipinski definition) is 1. The standard InChI is InChI=1S/C20H22F2N2O3S/c1-20(19(25)23-13-15-4-2-5-17(22)12-15)10-3-11-24(14-20)28(26,27)18-8-6-16(21)7-9-18/h2,4-9,12H,3,10-11,13-14H2,1H3,(H,23,25)/t20-/m1/s1. The van der Waals surface area contributed by atoms with Crippen LogP contribution >= 0.6 is 0 Å². The Morgan fingerprint density at radius 2 is 1.86 bits per heavy atom. The van der Waals surface area contributed by atoms with E-state index in [0.717, 1.165) is 12.1 Å². The Labute approximate surface area is 163 Å². The van der Waals surface area contributed by atoms with Crippen LogP contribution in [-0.4, -0.2) is 31.7 Å². The highest BCUT2D eigenvalue weighted by molar-refractivity contribution is 7.89. The zero-order valence-corrected chi connectivity index (χ0v) is 16.3. The molecule has 1 aliphatic rings. The number of carbonyl (C=O) groups excluding carboxylic acids is 1. The van der Waals surface area contributed by atoms with Crippen molar-refractivity contribution in [2.24, 2.45) is 5.41 Å². The molecule has 1 fully saturated rings. The van der Waals surface area contributed by atoms with Gasteiger partial charge in [-0.3, -0.25) is 4.79 Å². The van der Waals surface area contributed by atoms with E-state index < -0.39 is 21.3 Å². The number of rotatable bonds is 5. The van der Waals surface area contributed by atoms with Gasteiger partial charge in [0.2, 0.25) is 15.9 Å². The molecule has 0 aliphatic carbocycles. The van der Waals surface area contributed by atoms with Crippen molar-refractivity contribution in [3.63, 3.8) is 0 Å². The highest BCUT2D eigenvalue weighted by atomic mass is 32.2. The summed E-state index contributed by atoms with van der Waals surface area (Å²) in [7, 11) is -3.82. The molecule has 1 aliphatic heterocycles. The largest absolute Gasteiger partial charge is 0.352 e. The molecule has 5 nitrogen and oxygen atoms in total. The van der Waals surface area contributed by atoms with E-state index in [1.54, 1.807) is 19.1 Å². The third-order valence-electron chi connectivity index (χ3n) is 5.00. The highest BCUT2D eigenvalue weighted by Gasteiger charge is 2.41. The van der Waals surface area contributed by atoms with Crippen LogP contribution in [0.3, 0.4) is 0 Å². The molecule has 2 aromatic carbocycles. The first-order valence-electron chi connectivity index (χ1n) is 8.99. The third-order valence-corrected chi connectivity index (χ3v) is 6.86. The maximum atomic E-state index is 13.3. The van der Waals surface area contributed by atoms with E-state index in [4.69, 9.17) is 0 Å². The molecule has 1 N–H and O–H groups in total. The second-order valence-electron chi connectivity index (χ2n) is 7.27. The lowest BCUT2D eigenvalue weighted by Crippen LogP contribution is -2.51. The van der Waals surface area contributed by atoms with Crippen LogP contribution in [-0.2, 0) is 21.4 Å². The first-order valence-corrected chi connectivity index (χ1v) is 10.4. The van der Waals surface area contributed by atoms with Crippen LogP contribution in [0.1, 0.15) is 25.3 Å². The van der Waals surface area contributed by atoms with Crippen molar-refractivity contribution in [1.29, 1.82) is 0 Å². The van der Waals surface area contributed by atoms with Crippen molar-refractivity contribution >= 4 is 15.9 Å². The van der Waals surface area contributed by atoms with Gasteiger partial charge >= 0.3 is 0 Å². The molecule has 1 atom stereocenters. The minimum absolute atomic E-state index is 0.00156. The molecule has 0 radical (unpaired) electrons. The quantitative estimate of drug-likeness (QED) is 0.827. The zero-order chi connectivity index (χ0) is 20.4. The van der Waals surface area contributed by atoms with Crippen molar-refractivity contribution in [3.8, 4) is 0 Å². The topological polar surface area (TPSA) is 66.5 Å². The first-order chi connectivity index (χ1) is 13.2. The van der Waals surface area contributed by atoms with E-state index in [-0.39, 0.29) is 29.7 Å². The Kier molecular flexibility index (Phi) is 5.81. The molecule has 0 spiro atoms. The Hall–Kier alpha value is -2.32.